The lowest BCUT2D eigenvalue weighted by Gasteiger charge is -2.36. The highest BCUT2D eigenvalue weighted by molar-refractivity contribution is 6.02. The van der Waals surface area contributed by atoms with Crippen LogP contribution in [0, 0.1) is 0 Å². The molecular formula is C15H24N4O3. The number of amides is 5. The third-order valence-corrected chi connectivity index (χ3v) is 4.93. The Labute approximate surface area is 130 Å². The fourth-order valence-corrected chi connectivity index (χ4v) is 3.64. The summed E-state index contributed by atoms with van der Waals surface area (Å²) in [6.07, 6.45) is 7.13. The molecule has 0 spiro atoms. The average molecular weight is 308 g/mol. The van der Waals surface area contributed by atoms with Gasteiger partial charge in [-0.1, -0.05) is 19.3 Å². The van der Waals surface area contributed by atoms with Crippen molar-refractivity contribution in [1.29, 1.82) is 0 Å². The van der Waals surface area contributed by atoms with E-state index >= 15 is 0 Å². The smallest absolute Gasteiger partial charge is 0.324 e. The molecule has 2 heterocycles. The van der Waals surface area contributed by atoms with Crippen LogP contribution in [0.5, 0.6) is 0 Å². The van der Waals surface area contributed by atoms with Crippen molar-refractivity contribution in [3.63, 3.8) is 0 Å². The Morgan fingerprint density at radius 2 is 1.73 bits per heavy atom. The van der Waals surface area contributed by atoms with Gasteiger partial charge < -0.3 is 15.5 Å². The minimum atomic E-state index is -0.296. The van der Waals surface area contributed by atoms with Crippen LogP contribution in [-0.4, -0.2) is 59.5 Å². The van der Waals surface area contributed by atoms with Crippen LogP contribution in [0.1, 0.15) is 44.9 Å². The van der Waals surface area contributed by atoms with Gasteiger partial charge in [0, 0.05) is 25.2 Å². The zero-order valence-electron chi connectivity index (χ0n) is 12.8. The van der Waals surface area contributed by atoms with Crippen molar-refractivity contribution in [3.05, 3.63) is 0 Å². The Bertz CT molecular complexity index is 438. The van der Waals surface area contributed by atoms with Gasteiger partial charge in [0.25, 0.3) is 0 Å². The molecule has 0 aromatic carbocycles. The summed E-state index contributed by atoms with van der Waals surface area (Å²) in [4.78, 5) is 38.8. The summed E-state index contributed by atoms with van der Waals surface area (Å²) >= 11 is 0. The number of carbonyl (C=O) groups is 3. The Morgan fingerprint density at radius 1 is 1.05 bits per heavy atom. The predicted octanol–water partition coefficient (Wildman–Crippen LogP) is 1.04. The third-order valence-electron chi connectivity index (χ3n) is 4.93. The third kappa shape index (κ3) is 3.18. The molecule has 3 fully saturated rings. The molecule has 0 aromatic heterocycles. The van der Waals surface area contributed by atoms with Crippen LogP contribution < -0.4 is 10.6 Å². The van der Waals surface area contributed by atoms with Gasteiger partial charge in [0.1, 0.15) is 0 Å². The molecule has 22 heavy (non-hydrogen) atoms. The zero-order valence-corrected chi connectivity index (χ0v) is 12.8. The number of rotatable bonds is 2. The molecule has 0 unspecified atom stereocenters. The van der Waals surface area contributed by atoms with Crippen LogP contribution >= 0.6 is 0 Å². The second kappa shape index (κ2) is 6.54. The molecule has 2 saturated heterocycles. The maximum Gasteiger partial charge on any atom is 0.324 e. The van der Waals surface area contributed by atoms with Crippen LogP contribution in [0.15, 0.2) is 0 Å². The molecule has 7 nitrogen and oxygen atoms in total. The van der Waals surface area contributed by atoms with Crippen LogP contribution in [0.2, 0.25) is 0 Å². The largest absolute Gasteiger partial charge is 0.335 e. The van der Waals surface area contributed by atoms with E-state index in [0.29, 0.717) is 32.0 Å². The molecule has 1 aliphatic carbocycles. The van der Waals surface area contributed by atoms with Crippen molar-refractivity contribution >= 4 is 18.0 Å². The first kappa shape index (κ1) is 15.1. The Hall–Kier alpha value is -1.79. The molecule has 2 N–H and O–H groups in total. The van der Waals surface area contributed by atoms with E-state index in [1.54, 1.807) is 0 Å². The lowest BCUT2D eigenvalue weighted by Crippen LogP contribution is -2.52. The highest BCUT2D eigenvalue weighted by Gasteiger charge is 2.37. The quantitative estimate of drug-likeness (QED) is 0.748. The molecule has 1 saturated carbocycles. The highest BCUT2D eigenvalue weighted by Crippen LogP contribution is 2.21. The number of imide groups is 1. The number of urea groups is 2. The van der Waals surface area contributed by atoms with Crippen molar-refractivity contribution in [2.24, 2.45) is 0 Å². The van der Waals surface area contributed by atoms with E-state index in [-0.39, 0.29) is 30.6 Å². The maximum atomic E-state index is 12.3. The minimum Gasteiger partial charge on any atom is -0.335 e. The van der Waals surface area contributed by atoms with E-state index < -0.39 is 0 Å². The molecule has 7 heteroatoms. The lowest BCUT2D eigenvalue weighted by molar-refractivity contribution is -0.127. The van der Waals surface area contributed by atoms with E-state index in [4.69, 9.17) is 0 Å². The van der Waals surface area contributed by atoms with Gasteiger partial charge in [0.2, 0.25) is 5.91 Å². The minimum absolute atomic E-state index is 0.00236. The normalized spacial score (nSPS) is 24.5. The van der Waals surface area contributed by atoms with E-state index in [2.05, 4.69) is 10.6 Å². The summed E-state index contributed by atoms with van der Waals surface area (Å²) in [6, 6.07) is -0.0590. The summed E-state index contributed by atoms with van der Waals surface area (Å²) in [6.45, 7) is 1.29. The monoisotopic (exact) mass is 308 g/mol. The second-order valence-corrected chi connectivity index (χ2v) is 6.43. The topological polar surface area (TPSA) is 81.8 Å². The number of hydrogen-bond donors (Lipinski definition) is 2. The number of likely N-dealkylation sites (tertiary alicyclic amines) is 1. The van der Waals surface area contributed by atoms with Crippen LogP contribution in [0.3, 0.4) is 0 Å². The molecule has 0 aromatic rings. The van der Waals surface area contributed by atoms with Gasteiger partial charge in [-0.2, -0.15) is 0 Å². The van der Waals surface area contributed by atoms with Crippen LogP contribution in [-0.2, 0) is 4.79 Å². The number of piperidine rings is 1. The second-order valence-electron chi connectivity index (χ2n) is 6.43. The summed E-state index contributed by atoms with van der Waals surface area (Å²) < 4.78 is 0. The van der Waals surface area contributed by atoms with Gasteiger partial charge in [-0.25, -0.2) is 9.59 Å². The van der Waals surface area contributed by atoms with Gasteiger partial charge in [-0.3, -0.25) is 9.69 Å². The molecule has 2 aliphatic heterocycles. The maximum absolute atomic E-state index is 12.3. The first-order valence-electron chi connectivity index (χ1n) is 8.30. The van der Waals surface area contributed by atoms with Crippen LogP contribution in [0.25, 0.3) is 0 Å². The molecule has 122 valence electrons. The standard InChI is InChI=1S/C15H24N4O3/c20-13-10-16-14(21)19(13)12-6-8-18(9-7-12)15(22)17-11-4-2-1-3-5-11/h11-12H,1-10H2,(H,16,21)(H,17,22). The first-order chi connectivity index (χ1) is 10.6. The Morgan fingerprint density at radius 3 is 2.32 bits per heavy atom. The summed E-state index contributed by atoms with van der Waals surface area (Å²) in [5.41, 5.74) is 0. The molecule has 0 bridgehead atoms. The fraction of sp³-hybridized carbons (Fsp3) is 0.800. The van der Waals surface area contributed by atoms with Gasteiger partial charge >= 0.3 is 12.1 Å². The van der Waals surface area contributed by atoms with Crippen LogP contribution in [0.4, 0.5) is 9.59 Å². The van der Waals surface area contributed by atoms with E-state index in [0.717, 1.165) is 12.8 Å². The Balaban J connectivity index is 1.47. The van der Waals surface area contributed by atoms with E-state index in [1.807, 2.05) is 4.90 Å². The van der Waals surface area contributed by atoms with Gasteiger partial charge in [-0.05, 0) is 25.7 Å². The van der Waals surface area contributed by atoms with E-state index in [9.17, 15) is 14.4 Å². The average Bonchev–Trinajstić information content (AvgIpc) is 2.87. The number of hydrogen-bond acceptors (Lipinski definition) is 3. The molecule has 3 rings (SSSR count). The molecule has 0 radical (unpaired) electrons. The summed E-state index contributed by atoms with van der Waals surface area (Å²) in [7, 11) is 0. The van der Waals surface area contributed by atoms with E-state index in [1.165, 1.54) is 24.2 Å². The van der Waals surface area contributed by atoms with Gasteiger partial charge in [-0.15, -0.1) is 0 Å². The highest BCUT2D eigenvalue weighted by atomic mass is 16.2. The van der Waals surface area contributed by atoms with Crippen molar-refractivity contribution in [2.75, 3.05) is 19.6 Å². The predicted molar refractivity (Wildman–Crippen MR) is 80.2 cm³/mol. The van der Waals surface area contributed by atoms with Crippen molar-refractivity contribution in [2.45, 2.75) is 57.0 Å². The number of nitrogens with one attached hydrogen (secondary N) is 2. The SMILES string of the molecule is O=C(NC1CCCCC1)N1CCC(N2C(=O)CNC2=O)CC1. The van der Waals surface area contributed by atoms with Gasteiger partial charge in [0.15, 0.2) is 0 Å². The first-order valence-corrected chi connectivity index (χ1v) is 8.30. The molecule has 5 amide bonds. The fourth-order valence-electron chi connectivity index (χ4n) is 3.64. The summed E-state index contributed by atoms with van der Waals surface area (Å²) in [5.74, 6) is -0.157. The van der Waals surface area contributed by atoms with Crippen molar-refractivity contribution < 1.29 is 14.4 Å². The lowest BCUT2D eigenvalue weighted by atomic mass is 9.95. The number of carbonyl (C=O) groups excluding carboxylic acids is 3. The zero-order chi connectivity index (χ0) is 15.5. The Kier molecular flexibility index (Phi) is 4.49. The molecule has 0 atom stereocenters. The molecular weight excluding hydrogens is 284 g/mol. The van der Waals surface area contributed by atoms with Gasteiger partial charge in [0.05, 0.1) is 6.54 Å². The number of nitrogens with zero attached hydrogens (tertiary/aromatic N) is 2. The van der Waals surface area contributed by atoms with Crippen molar-refractivity contribution in [3.8, 4) is 0 Å². The van der Waals surface area contributed by atoms with Crippen molar-refractivity contribution in [1.82, 2.24) is 20.4 Å². The molecule has 3 aliphatic rings. The summed E-state index contributed by atoms with van der Waals surface area (Å²) in [5, 5.41) is 5.67.